The SMILES string of the molecule is COCCCn1c(C2CCCN(C(=O)CC(N)Cc3ccc(-c4ccc(C(=O)NCC(O)CO)cc4)cc3)C2)nc2ccccc21. The van der Waals surface area contributed by atoms with Crippen molar-refractivity contribution in [3.05, 3.63) is 89.7 Å². The Balaban J connectivity index is 1.15. The van der Waals surface area contributed by atoms with Gasteiger partial charge >= 0.3 is 0 Å². The zero-order valence-corrected chi connectivity index (χ0v) is 26.5. The summed E-state index contributed by atoms with van der Waals surface area (Å²) in [5.74, 6) is 1.01. The van der Waals surface area contributed by atoms with Crippen LogP contribution in [0.2, 0.25) is 0 Å². The Kier molecular flexibility index (Phi) is 11.5. The average molecular weight is 628 g/mol. The molecule has 0 bridgehead atoms. The lowest BCUT2D eigenvalue weighted by Crippen LogP contribution is -2.42. The predicted molar refractivity (Wildman–Crippen MR) is 178 cm³/mol. The van der Waals surface area contributed by atoms with Gasteiger partial charge in [0.1, 0.15) is 5.82 Å². The fraction of sp³-hybridized carbons (Fsp3) is 0.417. The summed E-state index contributed by atoms with van der Waals surface area (Å²) in [7, 11) is 1.72. The van der Waals surface area contributed by atoms with Gasteiger partial charge in [-0.05, 0) is 66.6 Å². The second-order valence-corrected chi connectivity index (χ2v) is 12.1. The zero-order valence-electron chi connectivity index (χ0n) is 26.5. The van der Waals surface area contributed by atoms with E-state index in [1.54, 1.807) is 19.2 Å². The Morgan fingerprint density at radius 3 is 2.50 bits per heavy atom. The summed E-state index contributed by atoms with van der Waals surface area (Å²) in [6.45, 7) is 2.50. The van der Waals surface area contributed by atoms with E-state index in [2.05, 4.69) is 22.0 Å². The first-order chi connectivity index (χ1) is 22.4. The molecule has 5 N–H and O–H groups in total. The smallest absolute Gasteiger partial charge is 0.251 e. The minimum Gasteiger partial charge on any atom is -0.394 e. The summed E-state index contributed by atoms with van der Waals surface area (Å²) in [6, 6.07) is 23.2. The Morgan fingerprint density at radius 2 is 1.78 bits per heavy atom. The number of aromatic nitrogens is 2. The van der Waals surface area contributed by atoms with E-state index in [4.69, 9.17) is 20.6 Å². The van der Waals surface area contributed by atoms with Gasteiger partial charge < -0.3 is 35.5 Å². The van der Waals surface area contributed by atoms with Crippen LogP contribution in [0.1, 0.15) is 53.3 Å². The van der Waals surface area contributed by atoms with Gasteiger partial charge in [-0.15, -0.1) is 0 Å². The molecule has 2 heterocycles. The van der Waals surface area contributed by atoms with Crippen LogP contribution in [0.4, 0.5) is 0 Å². The van der Waals surface area contributed by atoms with Gasteiger partial charge in [-0.3, -0.25) is 9.59 Å². The second-order valence-electron chi connectivity index (χ2n) is 12.1. The third-order valence-electron chi connectivity index (χ3n) is 8.63. The number of methoxy groups -OCH3 is 1. The van der Waals surface area contributed by atoms with Gasteiger partial charge in [-0.25, -0.2) is 4.98 Å². The molecule has 5 rings (SSSR count). The molecule has 0 saturated carbocycles. The van der Waals surface area contributed by atoms with Crippen molar-refractivity contribution in [1.29, 1.82) is 0 Å². The van der Waals surface area contributed by atoms with Crippen LogP contribution in [0, 0.1) is 0 Å². The van der Waals surface area contributed by atoms with Gasteiger partial charge in [0, 0.05) is 63.8 Å². The van der Waals surface area contributed by atoms with Crippen LogP contribution in [0.25, 0.3) is 22.2 Å². The number of aliphatic hydroxyl groups excluding tert-OH is 2. The van der Waals surface area contributed by atoms with Gasteiger partial charge in [0.2, 0.25) is 5.91 Å². The first-order valence-corrected chi connectivity index (χ1v) is 16.1. The van der Waals surface area contributed by atoms with Gasteiger partial charge in [0.15, 0.2) is 0 Å². The van der Waals surface area contributed by atoms with E-state index in [0.717, 1.165) is 65.9 Å². The number of piperidine rings is 1. The molecule has 3 unspecified atom stereocenters. The van der Waals surface area contributed by atoms with Crippen LogP contribution in [0.15, 0.2) is 72.8 Å². The van der Waals surface area contributed by atoms with Crippen molar-refractivity contribution in [3.8, 4) is 11.1 Å². The Bertz CT molecular complexity index is 1590. The molecule has 1 aliphatic rings. The number of fused-ring (bicyclic) bond motifs is 1. The first-order valence-electron chi connectivity index (χ1n) is 16.1. The van der Waals surface area contributed by atoms with Crippen molar-refractivity contribution in [3.63, 3.8) is 0 Å². The molecule has 46 heavy (non-hydrogen) atoms. The zero-order chi connectivity index (χ0) is 32.5. The van der Waals surface area contributed by atoms with Gasteiger partial charge in [-0.1, -0.05) is 48.5 Å². The average Bonchev–Trinajstić information content (AvgIpc) is 3.46. The summed E-state index contributed by atoms with van der Waals surface area (Å²) >= 11 is 0. The number of ether oxygens (including phenoxy) is 1. The lowest BCUT2D eigenvalue weighted by molar-refractivity contribution is -0.132. The number of hydrogen-bond donors (Lipinski definition) is 4. The molecule has 10 nitrogen and oxygen atoms in total. The molecule has 1 aliphatic heterocycles. The largest absolute Gasteiger partial charge is 0.394 e. The monoisotopic (exact) mass is 627 g/mol. The van der Waals surface area contributed by atoms with Crippen molar-refractivity contribution in [2.45, 2.75) is 56.7 Å². The van der Waals surface area contributed by atoms with E-state index >= 15 is 0 Å². The Labute approximate surface area is 270 Å². The van der Waals surface area contributed by atoms with Crippen LogP contribution in [-0.4, -0.2) is 88.6 Å². The number of aryl methyl sites for hydroxylation is 1. The number of amides is 2. The van der Waals surface area contributed by atoms with Crippen molar-refractivity contribution in [1.82, 2.24) is 19.8 Å². The van der Waals surface area contributed by atoms with E-state index in [-0.39, 0.29) is 36.7 Å². The molecule has 1 saturated heterocycles. The van der Waals surface area contributed by atoms with E-state index in [0.29, 0.717) is 25.1 Å². The molecular formula is C36H45N5O5. The minimum atomic E-state index is -0.982. The normalized spacial score (nSPS) is 16.3. The summed E-state index contributed by atoms with van der Waals surface area (Å²) < 4.78 is 7.60. The second kappa shape index (κ2) is 16.0. The lowest BCUT2D eigenvalue weighted by atomic mass is 9.95. The molecule has 1 fully saturated rings. The van der Waals surface area contributed by atoms with Crippen molar-refractivity contribution >= 4 is 22.8 Å². The Hall–Kier alpha value is -4.09. The number of nitrogens with two attached hydrogens (primary N) is 1. The number of benzene rings is 3. The van der Waals surface area contributed by atoms with Crippen molar-refractivity contribution in [2.75, 3.05) is 40.0 Å². The standard InChI is InChI=1S/C36H45N5O5/c1-46-19-5-18-41-33-8-3-2-7-32(33)39-35(41)29-6-4-17-40(23-29)34(44)21-30(37)20-25-9-11-26(12-10-25)27-13-15-28(16-14-27)36(45)38-22-31(43)24-42/h2-3,7-16,29-31,42-43H,4-6,17-24,37H2,1H3,(H,38,45). The quantitative estimate of drug-likeness (QED) is 0.157. The van der Waals surface area contributed by atoms with Crippen LogP contribution >= 0.6 is 0 Å². The lowest BCUT2D eigenvalue weighted by Gasteiger charge is -2.33. The third-order valence-corrected chi connectivity index (χ3v) is 8.63. The number of likely N-dealkylation sites (tertiary alicyclic amines) is 1. The molecule has 3 aromatic carbocycles. The summed E-state index contributed by atoms with van der Waals surface area (Å²) in [5, 5.41) is 20.9. The summed E-state index contributed by atoms with van der Waals surface area (Å²) in [6.07, 6.45) is 2.74. The van der Waals surface area contributed by atoms with Crippen LogP contribution in [-0.2, 0) is 22.5 Å². The van der Waals surface area contributed by atoms with Crippen molar-refractivity contribution in [2.24, 2.45) is 5.73 Å². The van der Waals surface area contributed by atoms with Gasteiger partial charge in [0.05, 0.1) is 23.7 Å². The minimum absolute atomic E-state index is 0.00965. The highest BCUT2D eigenvalue weighted by Gasteiger charge is 2.29. The number of carbonyl (C=O) groups is 2. The molecule has 4 aromatic rings. The molecule has 0 radical (unpaired) electrons. The number of rotatable bonds is 14. The number of nitrogens with one attached hydrogen (secondary N) is 1. The number of hydrogen-bond acceptors (Lipinski definition) is 7. The molecule has 244 valence electrons. The van der Waals surface area contributed by atoms with E-state index < -0.39 is 12.7 Å². The fourth-order valence-electron chi connectivity index (χ4n) is 6.17. The van der Waals surface area contributed by atoms with Crippen LogP contribution in [0.5, 0.6) is 0 Å². The predicted octanol–water partition coefficient (Wildman–Crippen LogP) is 3.49. The summed E-state index contributed by atoms with van der Waals surface area (Å²) in [5.41, 5.74) is 12.1. The fourth-order valence-corrected chi connectivity index (χ4v) is 6.17. The number of imidazole rings is 1. The molecule has 2 amide bonds. The number of aliphatic hydroxyl groups is 2. The Morgan fingerprint density at radius 1 is 1.07 bits per heavy atom. The highest BCUT2D eigenvalue weighted by Crippen LogP contribution is 2.30. The maximum atomic E-state index is 13.4. The number of nitrogens with zero attached hydrogens (tertiary/aromatic N) is 3. The van der Waals surface area contributed by atoms with E-state index in [1.807, 2.05) is 53.4 Å². The van der Waals surface area contributed by atoms with Crippen LogP contribution in [0.3, 0.4) is 0 Å². The third kappa shape index (κ3) is 8.38. The molecule has 1 aromatic heterocycles. The first kappa shape index (κ1) is 33.3. The highest BCUT2D eigenvalue weighted by molar-refractivity contribution is 5.94. The molecule has 0 aliphatic carbocycles. The van der Waals surface area contributed by atoms with E-state index in [9.17, 15) is 14.7 Å². The highest BCUT2D eigenvalue weighted by atomic mass is 16.5. The van der Waals surface area contributed by atoms with Gasteiger partial charge in [-0.2, -0.15) is 0 Å². The topological polar surface area (TPSA) is 143 Å². The molecule has 0 spiro atoms. The molecule has 3 atom stereocenters. The van der Waals surface area contributed by atoms with E-state index in [1.165, 1.54) is 0 Å². The maximum Gasteiger partial charge on any atom is 0.251 e. The summed E-state index contributed by atoms with van der Waals surface area (Å²) in [4.78, 5) is 32.6. The molecule has 10 heteroatoms. The van der Waals surface area contributed by atoms with Crippen LogP contribution < -0.4 is 11.1 Å². The molecular weight excluding hydrogens is 582 g/mol. The van der Waals surface area contributed by atoms with Gasteiger partial charge in [0.25, 0.3) is 5.91 Å². The maximum absolute atomic E-state index is 13.4. The van der Waals surface area contributed by atoms with Crippen molar-refractivity contribution < 1.29 is 24.5 Å². The number of para-hydroxylation sites is 2. The number of carbonyl (C=O) groups excluding carboxylic acids is 2.